The van der Waals surface area contributed by atoms with E-state index in [1.807, 2.05) is 11.8 Å². The van der Waals surface area contributed by atoms with Gasteiger partial charge in [-0.2, -0.15) is 0 Å². The molecule has 0 aromatic heterocycles. The third-order valence-electron chi connectivity index (χ3n) is 2.60. The fraction of sp³-hybridized carbons (Fsp3) is 0.800. The molecule has 5 nitrogen and oxygen atoms in total. The van der Waals surface area contributed by atoms with Gasteiger partial charge in [-0.25, -0.2) is 0 Å². The van der Waals surface area contributed by atoms with Gasteiger partial charge in [-0.15, -0.1) is 0 Å². The van der Waals surface area contributed by atoms with Crippen molar-refractivity contribution in [3.05, 3.63) is 0 Å². The summed E-state index contributed by atoms with van der Waals surface area (Å²) in [6, 6.07) is 0. The Morgan fingerprint density at radius 3 is 2.80 bits per heavy atom. The molecule has 5 heteroatoms. The van der Waals surface area contributed by atoms with Crippen LogP contribution in [0, 0.1) is 0 Å². The fourth-order valence-electron chi connectivity index (χ4n) is 1.68. The summed E-state index contributed by atoms with van der Waals surface area (Å²) in [5, 5.41) is 8.76. The molecule has 1 heterocycles. The highest BCUT2D eigenvalue weighted by Gasteiger charge is 2.26. The zero-order chi connectivity index (χ0) is 11.3. The molecule has 0 saturated carbocycles. The molecule has 0 aromatic rings. The second-order valence-electron chi connectivity index (χ2n) is 3.64. The summed E-state index contributed by atoms with van der Waals surface area (Å²) in [4.78, 5) is 26.1. The number of hydrogen-bond donors (Lipinski definition) is 1. The van der Waals surface area contributed by atoms with Crippen LogP contribution in [-0.2, 0) is 9.59 Å². The number of likely N-dealkylation sites (N-methyl/N-ethyl adjacent to an activating group) is 1. The summed E-state index contributed by atoms with van der Waals surface area (Å²) in [7, 11) is 0. The highest BCUT2D eigenvalue weighted by atomic mass is 16.3. The first-order valence-corrected chi connectivity index (χ1v) is 5.35. The predicted molar refractivity (Wildman–Crippen MR) is 55.2 cm³/mol. The Bertz CT molecular complexity index is 243. The van der Waals surface area contributed by atoms with E-state index in [2.05, 4.69) is 0 Å². The Morgan fingerprint density at radius 2 is 2.33 bits per heavy atom. The fourth-order valence-corrected chi connectivity index (χ4v) is 1.68. The molecular weight excluding hydrogens is 196 g/mol. The number of hydrogen-bond acceptors (Lipinski definition) is 4. The van der Waals surface area contributed by atoms with E-state index >= 15 is 0 Å². The monoisotopic (exact) mass is 214 g/mol. The second-order valence-corrected chi connectivity index (χ2v) is 3.64. The number of imide groups is 1. The van der Waals surface area contributed by atoms with Gasteiger partial charge in [0.1, 0.15) is 0 Å². The minimum Gasteiger partial charge on any atom is -0.395 e. The van der Waals surface area contributed by atoms with Crippen LogP contribution in [0.15, 0.2) is 0 Å². The van der Waals surface area contributed by atoms with E-state index in [0.717, 1.165) is 6.42 Å². The maximum Gasteiger partial charge on any atom is 0.243 e. The van der Waals surface area contributed by atoms with Gasteiger partial charge in [0.25, 0.3) is 0 Å². The molecule has 0 aliphatic carbocycles. The molecule has 0 radical (unpaired) electrons. The van der Waals surface area contributed by atoms with Crippen LogP contribution < -0.4 is 0 Å². The van der Waals surface area contributed by atoms with Gasteiger partial charge in [-0.05, 0) is 13.0 Å². The highest BCUT2D eigenvalue weighted by Crippen LogP contribution is 2.09. The molecule has 1 saturated heterocycles. The number of rotatable bonds is 5. The van der Waals surface area contributed by atoms with Crippen LogP contribution in [0.4, 0.5) is 0 Å². The van der Waals surface area contributed by atoms with Crippen molar-refractivity contribution in [1.82, 2.24) is 9.80 Å². The van der Waals surface area contributed by atoms with Gasteiger partial charge in [0, 0.05) is 19.5 Å². The van der Waals surface area contributed by atoms with Crippen LogP contribution in [0.2, 0.25) is 0 Å². The maximum absolute atomic E-state index is 11.7. The van der Waals surface area contributed by atoms with Gasteiger partial charge in [-0.1, -0.05) is 6.92 Å². The van der Waals surface area contributed by atoms with Crippen molar-refractivity contribution in [2.45, 2.75) is 19.8 Å². The first kappa shape index (κ1) is 12.1. The Kier molecular flexibility index (Phi) is 4.71. The third-order valence-corrected chi connectivity index (χ3v) is 2.60. The van der Waals surface area contributed by atoms with Crippen LogP contribution in [0.1, 0.15) is 19.8 Å². The van der Waals surface area contributed by atoms with Crippen LogP contribution in [0.25, 0.3) is 0 Å². The molecule has 2 amide bonds. The Balaban J connectivity index is 2.42. The number of carbonyl (C=O) groups excluding carboxylic acids is 2. The van der Waals surface area contributed by atoms with Crippen LogP contribution in [0.3, 0.4) is 0 Å². The lowest BCUT2D eigenvalue weighted by molar-refractivity contribution is -0.142. The molecule has 1 aliphatic rings. The van der Waals surface area contributed by atoms with Crippen molar-refractivity contribution in [1.29, 1.82) is 0 Å². The Hall–Kier alpha value is -0.940. The lowest BCUT2D eigenvalue weighted by Gasteiger charge is -2.21. The Labute approximate surface area is 89.7 Å². The number of aliphatic hydroxyl groups excluding tert-OH is 1. The van der Waals surface area contributed by atoms with Gasteiger partial charge in [0.15, 0.2) is 0 Å². The standard InChI is InChI=1S/C10H18N2O3/c1-2-11(6-7-13)8-10(15)12-5-3-4-9(12)14/h13H,2-8H2,1H3. The summed E-state index contributed by atoms with van der Waals surface area (Å²) < 4.78 is 0. The van der Waals surface area contributed by atoms with Crippen LogP contribution >= 0.6 is 0 Å². The van der Waals surface area contributed by atoms with Crippen molar-refractivity contribution in [2.75, 3.05) is 32.8 Å². The van der Waals surface area contributed by atoms with Gasteiger partial charge in [0.05, 0.1) is 13.2 Å². The van der Waals surface area contributed by atoms with E-state index in [9.17, 15) is 9.59 Å². The van der Waals surface area contributed by atoms with E-state index in [4.69, 9.17) is 5.11 Å². The topological polar surface area (TPSA) is 60.9 Å². The molecule has 86 valence electrons. The zero-order valence-corrected chi connectivity index (χ0v) is 9.11. The lowest BCUT2D eigenvalue weighted by atomic mass is 10.4. The normalized spacial score (nSPS) is 16.5. The summed E-state index contributed by atoms with van der Waals surface area (Å²) in [5.74, 6) is -0.215. The van der Waals surface area contributed by atoms with E-state index < -0.39 is 0 Å². The van der Waals surface area contributed by atoms with Gasteiger partial charge < -0.3 is 5.11 Å². The molecule has 0 bridgehead atoms. The molecule has 0 unspecified atom stereocenters. The molecule has 1 N–H and O–H groups in total. The number of nitrogens with zero attached hydrogens (tertiary/aromatic N) is 2. The minimum atomic E-state index is -0.146. The summed E-state index contributed by atoms with van der Waals surface area (Å²) in [6.07, 6.45) is 1.26. The zero-order valence-electron chi connectivity index (χ0n) is 9.11. The largest absolute Gasteiger partial charge is 0.395 e. The second kappa shape index (κ2) is 5.82. The van der Waals surface area contributed by atoms with Gasteiger partial charge in [-0.3, -0.25) is 19.4 Å². The van der Waals surface area contributed by atoms with Gasteiger partial charge >= 0.3 is 0 Å². The third kappa shape index (κ3) is 3.28. The molecule has 1 fully saturated rings. The van der Waals surface area contributed by atoms with Crippen molar-refractivity contribution in [3.8, 4) is 0 Å². The maximum atomic E-state index is 11.7. The van der Waals surface area contributed by atoms with Crippen molar-refractivity contribution in [3.63, 3.8) is 0 Å². The number of likely N-dealkylation sites (tertiary alicyclic amines) is 1. The number of amides is 2. The highest BCUT2D eigenvalue weighted by molar-refractivity contribution is 5.97. The van der Waals surface area contributed by atoms with E-state index in [-0.39, 0.29) is 25.0 Å². The van der Waals surface area contributed by atoms with Crippen molar-refractivity contribution in [2.24, 2.45) is 0 Å². The Morgan fingerprint density at radius 1 is 1.60 bits per heavy atom. The first-order chi connectivity index (χ1) is 7.19. The van der Waals surface area contributed by atoms with Gasteiger partial charge in [0.2, 0.25) is 11.8 Å². The quantitative estimate of drug-likeness (QED) is 0.667. The molecule has 1 aliphatic heterocycles. The summed E-state index contributed by atoms with van der Waals surface area (Å²) in [5.41, 5.74) is 0. The summed E-state index contributed by atoms with van der Waals surface area (Å²) >= 11 is 0. The van der Waals surface area contributed by atoms with E-state index in [0.29, 0.717) is 26.1 Å². The average Bonchev–Trinajstić information content (AvgIpc) is 2.63. The molecule has 0 aromatic carbocycles. The SMILES string of the molecule is CCN(CCO)CC(=O)N1CCCC1=O. The van der Waals surface area contributed by atoms with E-state index in [1.54, 1.807) is 0 Å². The number of aliphatic hydroxyl groups is 1. The van der Waals surface area contributed by atoms with Crippen molar-refractivity contribution < 1.29 is 14.7 Å². The smallest absolute Gasteiger partial charge is 0.243 e. The number of carbonyl (C=O) groups is 2. The average molecular weight is 214 g/mol. The molecule has 0 atom stereocenters. The van der Waals surface area contributed by atoms with Crippen molar-refractivity contribution >= 4 is 11.8 Å². The summed E-state index contributed by atoms with van der Waals surface area (Å²) in [6.45, 7) is 3.92. The van der Waals surface area contributed by atoms with Crippen LogP contribution in [0.5, 0.6) is 0 Å². The lowest BCUT2D eigenvalue weighted by Crippen LogP contribution is -2.41. The molecule has 0 spiro atoms. The molecular formula is C10H18N2O3. The minimum absolute atomic E-state index is 0.0368. The van der Waals surface area contributed by atoms with Crippen LogP contribution in [-0.4, -0.2) is 59.5 Å². The molecule has 1 rings (SSSR count). The predicted octanol–water partition coefficient (Wildman–Crippen LogP) is -0.550. The van der Waals surface area contributed by atoms with E-state index in [1.165, 1.54) is 4.90 Å². The first-order valence-electron chi connectivity index (χ1n) is 5.35. The molecule has 15 heavy (non-hydrogen) atoms.